The Bertz CT molecular complexity index is 203. The van der Waals surface area contributed by atoms with Gasteiger partial charge in [0.2, 0.25) is 0 Å². The van der Waals surface area contributed by atoms with Crippen LogP contribution in [-0.4, -0.2) is 15.2 Å². The molecule has 0 unspecified atom stereocenters. The topological polar surface area (TPSA) is 40.1 Å². The van der Waals surface area contributed by atoms with Crippen LogP contribution in [0.25, 0.3) is 0 Å². The summed E-state index contributed by atoms with van der Waals surface area (Å²) < 4.78 is 9.88. The van der Waals surface area contributed by atoms with Gasteiger partial charge in [-0.25, -0.2) is 0 Å². The first-order valence-corrected chi connectivity index (χ1v) is 5.80. The van der Waals surface area contributed by atoms with Crippen molar-refractivity contribution in [1.29, 1.82) is 0 Å². The van der Waals surface area contributed by atoms with Gasteiger partial charge < -0.3 is 4.89 Å². The summed E-state index contributed by atoms with van der Waals surface area (Å²) in [6, 6.07) is 10.7. The van der Waals surface area contributed by atoms with Crippen molar-refractivity contribution in [2.24, 2.45) is 0 Å². The first kappa shape index (κ1) is 11.8. The molecule has 0 aliphatic carbocycles. The molecule has 0 saturated heterocycles. The molecule has 2 nitrogen and oxygen atoms in total. The van der Waals surface area contributed by atoms with Crippen LogP contribution in [-0.2, 0) is 4.57 Å². The Labute approximate surface area is 80.6 Å². The summed E-state index contributed by atoms with van der Waals surface area (Å²) >= 11 is 0.543. The third-order valence-corrected chi connectivity index (χ3v) is 2.50. The van der Waals surface area contributed by atoms with Crippen LogP contribution < -0.4 is 9.32 Å². The average molecular weight is 196 g/mol. The summed E-state index contributed by atoms with van der Waals surface area (Å²) in [4.78, 5) is 8.35. The third kappa shape index (κ3) is 6.52. The van der Waals surface area contributed by atoms with Crippen LogP contribution in [0.5, 0.6) is 0 Å². The number of hydrogen-bond donors (Lipinski definition) is 0. The summed E-state index contributed by atoms with van der Waals surface area (Å²) in [7, 11) is -1.08. The standard InChI is InChI=1S/C6H5.C2H5.Al.HO2P/c1-2-4-6-5-3-1;1-2;;1-3-2/h1-5H;1H2,2H3;;(H,1,2)/q;;+1;/p-1. The van der Waals surface area contributed by atoms with E-state index in [1.165, 1.54) is 9.71 Å². The van der Waals surface area contributed by atoms with E-state index < -0.39 is 8.69 Å². The molecule has 0 fully saturated rings. The predicted octanol–water partition coefficient (Wildman–Crippen LogP) is 1.01. The van der Waals surface area contributed by atoms with Gasteiger partial charge in [-0.3, -0.25) is 4.57 Å². The Kier molecular flexibility index (Phi) is 8.77. The molecule has 0 aliphatic rings. The molecule has 1 aromatic carbocycles. The van der Waals surface area contributed by atoms with Gasteiger partial charge in [0.05, 0.1) is 8.69 Å². The fourth-order valence-electron chi connectivity index (χ4n) is 0.825. The van der Waals surface area contributed by atoms with E-state index in [-0.39, 0.29) is 0 Å². The molecule has 0 atom stereocenters. The van der Waals surface area contributed by atoms with E-state index >= 15 is 0 Å². The normalized spacial score (nSPS) is 8.17. The zero-order valence-electron chi connectivity index (χ0n) is 6.93. The maximum Gasteiger partial charge on any atom is 0.0642 e. The van der Waals surface area contributed by atoms with Crippen molar-refractivity contribution in [3.8, 4) is 0 Å². The van der Waals surface area contributed by atoms with E-state index in [2.05, 4.69) is 37.3 Å². The van der Waals surface area contributed by atoms with Crippen molar-refractivity contribution >= 4 is 28.3 Å². The van der Waals surface area contributed by atoms with Gasteiger partial charge in [0.15, 0.2) is 0 Å². The zero-order chi connectivity index (χ0) is 9.23. The molecule has 0 radical (unpaired) electrons. The minimum atomic E-state index is -1.08. The first-order chi connectivity index (χ1) is 5.85. The van der Waals surface area contributed by atoms with Crippen molar-refractivity contribution in [2.45, 2.75) is 12.2 Å². The van der Waals surface area contributed by atoms with Crippen LogP contribution in [0.1, 0.15) is 6.92 Å². The van der Waals surface area contributed by atoms with Crippen LogP contribution in [0.15, 0.2) is 30.3 Å². The van der Waals surface area contributed by atoms with Crippen molar-refractivity contribution < 1.29 is 9.46 Å². The summed E-state index contributed by atoms with van der Waals surface area (Å²) in [5.74, 6) is 0. The first-order valence-electron chi connectivity index (χ1n) is 3.68. The van der Waals surface area contributed by atoms with Crippen molar-refractivity contribution in [2.75, 3.05) is 0 Å². The van der Waals surface area contributed by atoms with Crippen molar-refractivity contribution in [3.05, 3.63) is 30.3 Å². The summed E-state index contributed by atoms with van der Waals surface area (Å²) in [6.07, 6.45) is 0. The molecule has 0 N–H and O–H groups in total. The van der Waals surface area contributed by atoms with E-state index in [4.69, 9.17) is 9.46 Å². The van der Waals surface area contributed by atoms with E-state index in [1.54, 1.807) is 0 Å². The SMILES string of the molecule is C[CH2][Al+][c]1ccccc1.O=P[O-]. The molecule has 0 amide bonds. The summed E-state index contributed by atoms with van der Waals surface area (Å²) in [5, 5.41) is 1.32. The van der Waals surface area contributed by atoms with Crippen LogP contribution >= 0.6 is 8.69 Å². The fraction of sp³-hybridized carbons (Fsp3) is 0.250. The minimum Gasteiger partial charge on any atom is -0.772 e. The molecular weight excluding hydrogens is 186 g/mol. The Hall–Kier alpha value is -0.188. The molecule has 4 heteroatoms. The van der Waals surface area contributed by atoms with E-state index in [0.29, 0.717) is 15.2 Å². The largest absolute Gasteiger partial charge is 0.772 e. The Balaban J connectivity index is 0.000000354. The van der Waals surface area contributed by atoms with Crippen molar-refractivity contribution in [3.63, 3.8) is 0 Å². The molecule has 0 aliphatic heterocycles. The van der Waals surface area contributed by atoms with E-state index in [0.717, 1.165) is 0 Å². The van der Waals surface area contributed by atoms with E-state index in [1.807, 2.05) is 0 Å². The fourth-order valence-corrected chi connectivity index (χ4v) is 1.79. The molecule has 1 aromatic rings. The molecule has 0 heterocycles. The van der Waals surface area contributed by atoms with Gasteiger partial charge in [-0.15, -0.1) is 0 Å². The predicted molar refractivity (Wildman–Crippen MR) is 49.9 cm³/mol. The maximum atomic E-state index is 8.35. The number of rotatable bonds is 2. The van der Waals surface area contributed by atoms with Crippen LogP contribution in [0.2, 0.25) is 5.28 Å². The maximum absolute atomic E-state index is 8.35. The number of benzene rings is 1. The minimum absolute atomic E-state index is 0.543. The molecular formula is C8H10AlO2P. The monoisotopic (exact) mass is 196 g/mol. The summed E-state index contributed by atoms with van der Waals surface area (Å²) in [5.41, 5.74) is 0. The molecule has 0 bridgehead atoms. The molecule has 0 aromatic heterocycles. The van der Waals surface area contributed by atoms with Gasteiger partial charge in [-0.1, -0.05) is 0 Å². The quantitative estimate of drug-likeness (QED) is 0.523. The second-order valence-electron chi connectivity index (χ2n) is 2.10. The van der Waals surface area contributed by atoms with Crippen LogP contribution in [0, 0.1) is 0 Å². The van der Waals surface area contributed by atoms with Gasteiger partial charge in [0.1, 0.15) is 0 Å². The molecule has 62 valence electrons. The smallest absolute Gasteiger partial charge is 0.0642 e. The van der Waals surface area contributed by atoms with Gasteiger partial charge in [-0.2, -0.15) is 0 Å². The third-order valence-electron chi connectivity index (χ3n) is 1.24. The van der Waals surface area contributed by atoms with Gasteiger partial charge >= 0.3 is 62.2 Å². The van der Waals surface area contributed by atoms with Crippen molar-refractivity contribution in [1.82, 2.24) is 0 Å². The zero-order valence-corrected chi connectivity index (χ0v) is 8.98. The molecule has 0 spiro atoms. The summed E-state index contributed by atoms with van der Waals surface area (Å²) in [6.45, 7) is 2.24. The Morgan fingerprint density at radius 3 is 2.33 bits per heavy atom. The van der Waals surface area contributed by atoms with Crippen LogP contribution in [0.3, 0.4) is 0 Å². The molecule has 12 heavy (non-hydrogen) atoms. The second-order valence-corrected chi connectivity index (χ2v) is 4.14. The number of hydrogen-bond acceptors (Lipinski definition) is 2. The second kappa shape index (κ2) is 8.90. The van der Waals surface area contributed by atoms with E-state index in [9.17, 15) is 0 Å². The Morgan fingerprint density at radius 1 is 1.42 bits per heavy atom. The van der Waals surface area contributed by atoms with Crippen LogP contribution in [0.4, 0.5) is 0 Å². The molecule has 1 rings (SSSR count). The van der Waals surface area contributed by atoms with Gasteiger partial charge in [0.25, 0.3) is 0 Å². The molecule has 0 saturated carbocycles. The average Bonchev–Trinajstić information content (AvgIpc) is 2.08. The van der Waals surface area contributed by atoms with Gasteiger partial charge in [0, 0.05) is 0 Å². The van der Waals surface area contributed by atoms with Gasteiger partial charge in [-0.05, 0) is 0 Å². The Morgan fingerprint density at radius 2 is 1.92 bits per heavy atom.